The molecule has 4 amide bonds. The summed E-state index contributed by atoms with van der Waals surface area (Å²) in [6.07, 6.45) is 3.41. The van der Waals surface area contributed by atoms with Crippen LogP contribution in [-0.2, 0) is 9.59 Å². The fourth-order valence-electron chi connectivity index (χ4n) is 2.06. The summed E-state index contributed by atoms with van der Waals surface area (Å²) < 4.78 is 0. The second-order valence-electron chi connectivity index (χ2n) is 4.08. The van der Waals surface area contributed by atoms with Gasteiger partial charge in [0, 0.05) is 14.1 Å². The molecule has 1 aliphatic heterocycles. The van der Waals surface area contributed by atoms with Gasteiger partial charge < -0.3 is 0 Å². The van der Waals surface area contributed by atoms with Crippen LogP contribution in [0.1, 0.15) is 12.8 Å². The highest BCUT2D eigenvalue weighted by molar-refractivity contribution is 6.18. The Morgan fingerprint density at radius 1 is 1.00 bits per heavy atom. The molecular formula is C12H16N2O3. The molecule has 0 saturated carbocycles. The number of hydrogen-bond acceptors (Lipinski definition) is 3. The Morgan fingerprint density at radius 2 is 1.35 bits per heavy atom. The topological polar surface area (TPSA) is 57.7 Å². The number of nitrogens with zero attached hydrogens (tertiary/aromatic N) is 2. The third kappa shape index (κ3) is 1.77. The van der Waals surface area contributed by atoms with Gasteiger partial charge in [0.25, 0.3) is 0 Å². The van der Waals surface area contributed by atoms with Gasteiger partial charge in [0.15, 0.2) is 0 Å². The molecule has 1 rings (SSSR count). The van der Waals surface area contributed by atoms with E-state index < -0.39 is 23.3 Å². The monoisotopic (exact) mass is 236 g/mol. The van der Waals surface area contributed by atoms with Gasteiger partial charge in [-0.2, -0.15) is 0 Å². The highest BCUT2D eigenvalue weighted by Gasteiger charge is 2.53. The Balaban J connectivity index is 3.29. The fraction of sp³-hybridized carbons (Fsp3) is 0.417. The molecule has 0 aromatic heterocycles. The molecule has 1 saturated heterocycles. The number of imide groups is 2. The Hall–Kier alpha value is -1.91. The van der Waals surface area contributed by atoms with E-state index in [2.05, 4.69) is 13.2 Å². The van der Waals surface area contributed by atoms with Gasteiger partial charge in [-0.15, -0.1) is 13.2 Å². The van der Waals surface area contributed by atoms with Crippen molar-refractivity contribution < 1.29 is 14.4 Å². The number of amides is 4. The van der Waals surface area contributed by atoms with Crippen molar-refractivity contribution in [2.75, 3.05) is 14.1 Å². The Labute approximate surface area is 100 Å². The second kappa shape index (κ2) is 4.53. The van der Waals surface area contributed by atoms with Gasteiger partial charge in [0.2, 0.25) is 11.8 Å². The zero-order valence-corrected chi connectivity index (χ0v) is 10.1. The lowest BCUT2D eigenvalue weighted by molar-refractivity contribution is -0.156. The summed E-state index contributed by atoms with van der Waals surface area (Å²) in [6, 6.07) is -0.608. The molecule has 0 unspecified atom stereocenters. The third-order valence-electron chi connectivity index (χ3n) is 2.99. The van der Waals surface area contributed by atoms with Crippen LogP contribution in [-0.4, -0.2) is 41.7 Å². The van der Waals surface area contributed by atoms with E-state index in [1.165, 1.54) is 26.2 Å². The Kier molecular flexibility index (Phi) is 3.50. The van der Waals surface area contributed by atoms with Crippen LogP contribution in [0.3, 0.4) is 0 Å². The number of carbonyl (C=O) groups is 3. The fourth-order valence-corrected chi connectivity index (χ4v) is 2.06. The summed E-state index contributed by atoms with van der Waals surface area (Å²) in [5.41, 5.74) is -1.26. The lowest BCUT2D eigenvalue weighted by atomic mass is 9.77. The zero-order valence-electron chi connectivity index (χ0n) is 10.1. The highest BCUT2D eigenvalue weighted by Crippen LogP contribution is 2.35. The van der Waals surface area contributed by atoms with Crippen LogP contribution in [0.15, 0.2) is 25.3 Å². The summed E-state index contributed by atoms with van der Waals surface area (Å²) >= 11 is 0. The number of allylic oxidation sites excluding steroid dienone is 2. The van der Waals surface area contributed by atoms with Gasteiger partial charge in [-0.1, -0.05) is 12.2 Å². The van der Waals surface area contributed by atoms with Crippen LogP contribution in [0, 0.1) is 5.41 Å². The van der Waals surface area contributed by atoms with Crippen molar-refractivity contribution >= 4 is 17.8 Å². The molecule has 1 heterocycles. The number of rotatable bonds is 4. The van der Waals surface area contributed by atoms with Crippen LogP contribution >= 0.6 is 0 Å². The minimum Gasteiger partial charge on any atom is -0.273 e. The molecule has 0 aliphatic carbocycles. The molecule has 17 heavy (non-hydrogen) atoms. The number of hydrogen-bond donors (Lipinski definition) is 0. The van der Waals surface area contributed by atoms with Gasteiger partial charge in [0.1, 0.15) is 5.41 Å². The summed E-state index contributed by atoms with van der Waals surface area (Å²) in [6.45, 7) is 7.12. The van der Waals surface area contributed by atoms with Crippen molar-refractivity contribution in [2.24, 2.45) is 5.41 Å². The molecule has 5 nitrogen and oxygen atoms in total. The first-order chi connectivity index (χ1) is 7.92. The molecule has 0 bridgehead atoms. The maximum absolute atomic E-state index is 12.2. The van der Waals surface area contributed by atoms with Gasteiger partial charge in [-0.3, -0.25) is 19.4 Å². The predicted octanol–water partition coefficient (Wildman–Crippen LogP) is 1.18. The summed E-state index contributed by atoms with van der Waals surface area (Å²) in [7, 11) is 2.74. The summed E-state index contributed by atoms with van der Waals surface area (Å²) in [5.74, 6) is -0.990. The molecule has 0 radical (unpaired) electrons. The lowest BCUT2D eigenvalue weighted by Gasteiger charge is -2.40. The first-order valence-electron chi connectivity index (χ1n) is 5.24. The molecule has 92 valence electrons. The Bertz CT molecular complexity index is 365. The van der Waals surface area contributed by atoms with Gasteiger partial charge in [-0.25, -0.2) is 4.79 Å². The maximum Gasteiger partial charge on any atom is 0.332 e. The van der Waals surface area contributed by atoms with E-state index in [9.17, 15) is 14.4 Å². The normalized spacial score (nSPS) is 19.5. The number of carbonyl (C=O) groups excluding carboxylic acids is 3. The van der Waals surface area contributed by atoms with Gasteiger partial charge >= 0.3 is 6.03 Å². The van der Waals surface area contributed by atoms with Crippen LogP contribution in [0.5, 0.6) is 0 Å². The second-order valence-corrected chi connectivity index (χ2v) is 4.08. The van der Waals surface area contributed by atoms with Crippen molar-refractivity contribution in [3.8, 4) is 0 Å². The minimum atomic E-state index is -1.26. The molecule has 5 heteroatoms. The highest BCUT2D eigenvalue weighted by atomic mass is 16.2. The first-order valence-corrected chi connectivity index (χ1v) is 5.24. The van der Waals surface area contributed by atoms with E-state index in [1.54, 1.807) is 0 Å². The smallest absolute Gasteiger partial charge is 0.273 e. The average Bonchev–Trinajstić information content (AvgIpc) is 2.32. The van der Waals surface area contributed by atoms with E-state index in [-0.39, 0.29) is 12.8 Å². The van der Waals surface area contributed by atoms with Gasteiger partial charge in [-0.05, 0) is 12.8 Å². The molecule has 0 spiro atoms. The van der Waals surface area contributed by atoms with E-state index >= 15 is 0 Å². The lowest BCUT2D eigenvalue weighted by Crippen LogP contribution is -2.62. The molecule has 1 aliphatic rings. The van der Waals surface area contributed by atoms with Crippen molar-refractivity contribution in [1.82, 2.24) is 9.80 Å². The van der Waals surface area contributed by atoms with E-state index in [0.717, 1.165) is 9.80 Å². The SMILES string of the molecule is C=CCC1(CC=C)C(=O)N(C)C(=O)N(C)C1=O. The maximum atomic E-state index is 12.2. The molecule has 0 aromatic rings. The van der Waals surface area contributed by atoms with Crippen LogP contribution in [0.4, 0.5) is 4.79 Å². The van der Waals surface area contributed by atoms with E-state index in [4.69, 9.17) is 0 Å². The van der Waals surface area contributed by atoms with Gasteiger partial charge in [0.05, 0.1) is 0 Å². The minimum absolute atomic E-state index is 0.193. The van der Waals surface area contributed by atoms with Crippen molar-refractivity contribution in [2.45, 2.75) is 12.8 Å². The average molecular weight is 236 g/mol. The molecule has 1 fully saturated rings. The van der Waals surface area contributed by atoms with Crippen LogP contribution in [0.25, 0.3) is 0 Å². The number of barbiturate groups is 1. The van der Waals surface area contributed by atoms with Crippen molar-refractivity contribution in [3.05, 3.63) is 25.3 Å². The number of urea groups is 1. The van der Waals surface area contributed by atoms with Crippen molar-refractivity contribution in [3.63, 3.8) is 0 Å². The Morgan fingerprint density at radius 3 is 1.65 bits per heavy atom. The molecule has 0 N–H and O–H groups in total. The van der Waals surface area contributed by atoms with E-state index in [0.29, 0.717) is 0 Å². The van der Waals surface area contributed by atoms with Crippen LogP contribution in [0.2, 0.25) is 0 Å². The van der Waals surface area contributed by atoms with E-state index in [1.807, 2.05) is 0 Å². The van der Waals surface area contributed by atoms with Crippen LogP contribution < -0.4 is 0 Å². The molecule has 0 atom stereocenters. The first kappa shape index (κ1) is 13.2. The molecular weight excluding hydrogens is 220 g/mol. The predicted molar refractivity (Wildman–Crippen MR) is 63.0 cm³/mol. The standard InChI is InChI=1S/C12H16N2O3/c1-5-7-12(8-6-2)9(15)13(3)11(17)14(4)10(12)16/h5-6H,1-2,7-8H2,3-4H3. The summed E-state index contributed by atoms with van der Waals surface area (Å²) in [4.78, 5) is 37.8. The zero-order chi connectivity index (χ0) is 13.2. The largest absolute Gasteiger partial charge is 0.332 e. The molecule has 0 aromatic carbocycles. The summed E-state index contributed by atoms with van der Waals surface area (Å²) in [5, 5.41) is 0. The van der Waals surface area contributed by atoms with Crippen molar-refractivity contribution in [1.29, 1.82) is 0 Å². The quantitative estimate of drug-likeness (QED) is 0.544. The third-order valence-corrected chi connectivity index (χ3v) is 2.99.